The van der Waals surface area contributed by atoms with Crippen LogP contribution in [0.5, 0.6) is 0 Å². The normalized spacial score (nSPS) is 14.2. The number of carbonyl (C=O) groups excluding carboxylic acids is 1. The van der Waals surface area contributed by atoms with Crippen LogP contribution in [-0.4, -0.2) is 28.9 Å². The van der Waals surface area contributed by atoms with Crippen molar-refractivity contribution in [1.29, 1.82) is 0 Å². The first-order valence-corrected chi connectivity index (χ1v) is 11.5. The molecule has 0 spiro atoms. The Labute approximate surface area is 184 Å². The lowest BCUT2D eigenvalue weighted by molar-refractivity contribution is 0.0724. The summed E-state index contributed by atoms with van der Waals surface area (Å²) in [6.07, 6.45) is 5.22. The van der Waals surface area contributed by atoms with Crippen LogP contribution < -0.4 is 0 Å². The van der Waals surface area contributed by atoms with E-state index in [0.717, 1.165) is 48.0 Å². The zero-order valence-corrected chi connectivity index (χ0v) is 18.0. The van der Waals surface area contributed by atoms with Crippen LogP contribution >= 0.6 is 22.9 Å². The van der Waals surface area contributed by atoms with E-state index in [-0.39, 0.29) is 5.91 Å². The molecule has 1 aliphatic heterocycles. The van der Waals surface area contributed by atoms with Crippen molar-refractivity contribution in [3.8, 4) is 21.6 Å². The monoisotopic (exact) mass is 432 g/mol. The number of halogens is 1. The maximum Gasteiger partial charge on any atom is 0.253 e. The Balaban J connectivity index is 1.45. The van der Waals surface area contributed by atoms with Crippen LogP contribution in [0.15, 0.2) is 66.2 Å². The molecule has 1 amide bonds. The summed E-state index contributed by atoms with van der Waals surface area (Å²) in [5, 5.41) is 3.88. The second-order valence-electron chi connectivity index (χ2n) is 7.62. The smallest absolute Gasteiger partial charge is 0.253 e. The van der Waals surface area contributed by atoms with E-state index in [1.54, 1.807) is 11.3 Å². The van der Waals surface area contributed by atoms with Crippen molar-refractivity contribution in [1.82, 2.24) is 9.88 Å². The summed E-state index contributed by atoms with van der Waals surface area (Å²) in [6.45, 7) is 1.68. The summed E-state index contributed by atoms with van der Waals surface area (Å²) in [7, 11) is 0. The van der Waals surface area contributed by atoms with Crippen molar-refractivity contribution < 1.29 is 4.79 Å². The Bertz CT molecular complexity index is 1220. The van der Waals surface area contributed by atoms with Crippen LogP contribution in [0.4, 0.5) is 0 Å². The maximum absolute atomic E-state index is 12.8. The number of benzene rings is 2. The Morgan fingerprint density at radius 3 is 2.63 bits per heavy atom. The molecule has 0 radical (unpaired) electrons. The molecule has 0 atom stereocenters. The summed E-state index contributed by atoms with van der Waals surface area (Å²) in [5.74, 6) is 0.0809. The van der Waals surface area contributed by atoms with Gasteiger partial charge in [-0.1, -0.05) is 35.9 Å². The van der Waals surface area contributed by atoms with Gasteiger partial charge in [-0.15, -0.1) is 11.3 Å². The van der Waals surface area contributed by atoms with Gasteiger partial charge in [0, 0.05) is 51.3 Å². The van der Waals surface area contributed by atoms with Gasteiger partial charge in [0.1, 0.15) is 0 Å². The number of likely N-dealkylation sites (tertiary alicyclic amines) is 1. The molecule has 4 aromatic rings. The number of nitrogens with zero attached hydrogens (tertiary/aromatic N) is 2. The molecular formula is C25H21ClN2OS. The number of hydrogen-bond acceptors (Lipinski definition) is 3. The molecule has 3 heterocycles. The first-order chi connectivity index (χ1) is 14.7. The fourth-order valence-corrected chi connectivity index (χ4v) is 5.33. The summed E-state index contributed by atoms with van der Waals surface area (Å²) >= 11 is 8.31. The molecule has 2 aromatic heterocycles. The topological polar surface area (TPSA) is 33.2 Å². The molecule has 3 nitrogen and oxygen atoms in total. The van der Waals surface area contributed by atoms with Crippen molar-refractivity contribution in [3.05, 3.63) is 76.8 Å². The Morgan fingerprint density at radius 1 is 0.967 bits per heavy atom. The van der Waals surface area contributed by atoms with Crippen molar-refractivity contribution in [2.45, 2.75) is 19.3 Å². The predicted molar refractivity (Wildman–Crippen MR) is 125 cm³/mol. The molecule has 2 aromatic carbocycles. The van der Waals surface area contributed by atoms with E-state index >= 15 is 0 Å². The molecule has 1 fully saturated rings. The van der Waals surface area contributed by atoms with E-state index in [2.05, 4.69) is 28.6 Å². The van der Waals surface area contributed by atoms with Crippen molar-refractivity contribution in [3.63, 3.8) is 0 Å². The third-order valence-electron chi connectivity index (χ3n) is 5.68. The number of aromatic nitrogens is 1. The minimum absolute atomic E-state index is 0.0809. The van der Waals surface area contributed by atoms with E-state index < -0.39 is 0 Å². The fourth-order valence-electron chi connectivity index (χ4n) is 4.09. The van der Waals surface area contributed by atoms with E-state index in [0.29, 0.717) is 10.6 Å². The van der Waals surface area contributed by atoms with Gasteiger partial charge in [-0.3, -0.25) is 9.78 Å². The number of rotatable bonds is 3. The van der Waals surface area contributed by atoms with E-state index in [9.17, 15) is 4.79 Å². The Morgan fingerprint density at radius 2 is 1.80 bits per heavy atom. The highest BCUT2D eigenvalue weighted by molar-refractivity contribution is 7.14. The first kappa shape index (κ1) is 19.3. The number of amides is 1. The van der Waals surface area contributed by atoms with Crippen LogP contribution in [0.3, 0.4) is 0 Å². The third-order valence-corrected chi connectivity index (χ3v) is 6.96. The molecule has 1 aliphatic rings. The second kappa shape index (κ2) is 8.21. The number of carbonyl (C=O) groups is 1. The molecule has 150 valence electrons. The lowest BCUT2D eigenvalue weighted by atomic mass is 10.0. The molecule has 0 N–H and O–H groups in total. The quantitative estimate of drug-likeness (QED) is 0.352. The number of pyridine rings is 1. The molecule has 5 heteroatoms. The van der Waals surface area contributed by atoms with Gasteiger partial charge in [0.05, 0.1) is 5.52 Å². The highest BCUT2D eigenvalue weighted by Crippen LogP contribution is 2.38. The predicted octanol–water partition coefficient (Wildman–Crippen LogP) is 6.91. The maximum atomic E-state index is 12.8. The molecule has 0 unspecified atom stereocenters. The highest BCUT2D eigenvalue weighted by Gasteiger charge is 2.19. The SMILES string of the molecule is O=C(c1ccc(-c2csc(-c3ccnc4ccccc34)c2)c(Cl)c1)N1CCCCC1. The number of fused-ring (bicyclic) bond motifs is 1. The molecule has 0 bridgehead atoms. The van der Waals surface area contributed by atoms with Crippen molar-refractivity contribution in [2.75, 3.05) is 13.1 Å². The van der Waals surface area contributed by atoms with Crippen molar-refractivity contribution >= 4 is 39.7 Å². The molecular weight excluding hydrogens is 412 g/mol. The minimum atomic E-state index is 0.0809. The van der Waals surface area contributed by atoms with Gasteiger partial charge in [-0.05, 0) is 60.5 Å². The van der Waals surface area contributed by atoms with Gasteiger partial charge in [-0.25, -0.2) is 0 Å². The average Bonchev–Trinajstić information content (AvgIpc) is 3.28. The lowest BCUT2D eigenvalue weighted by Crippen LogP contribution is -2.35. The highest BCUT2D eigenvalue weighted by atomic mass is 35.5. The first-order valence-electron chi connectivity index (χ1n) is 10.2. The lowest BCUT2D eigenvalue weighted by Gasteiger charge is -2.26. The van der Waals surface area contributed by atoms with Gasteiger partial charge >= 0.3 is 0 Å². The van der Waals surface area contributed by atoms with Crippen LogP contribution in [0.2, 0.25) is 5.02 Å². The average molecular weight is 433 g/mol. The molecule has 0 aliphatic carbocycles. The molecule has 1 saturated heterocycles. The molecule has 0 saturated carbocycles. The molecule has 5 rings (SSSR count). The third kappa shape index (κ3) is 3.62. The van der Waals surface area contributed by atoms with Gasteiger partial charge in [0.2, 0.25) is 0 Å². The van der Waals surface area contributed by atoms with Crippen LogP contribution in [0, 0.1) is 0 Å². The zero-order valence-electron chi connectivity index (χ0n) is 16.5. The fraction of sp³-hybridized carbons (Fsp3) is 0.200. The van der Waals surface area contributed by atoms with Gasteiger partial charge in [-0.2, -0.15) is 0 Å². The van der Waals surface area contributed by atoms with Crippen LogP contribution in [-0.2, 0) is 0 Å². The summed E-state index contributed by atoms with van der Waals surface area (Å²) < 4.78 is 0. The number of hydrogen-bond donors (Lipinski definition) is 0. The van der Waals surface area contributed by atoms with Gasteiger partial charge in [0.15, 0.2) is 0 Å². The number of thiophene rings is 1. The standard InChI is InChI=1S/C25H21ClN2OS/c26-22-14-17(25(29)28-12-4-1-5-13-28)8-9-19(22)18-15-24(30-16-18)21-10-11-27-23-7-3-2-6-20(21)23/h2-3,6-11,14-16H,1,4-5,12-13H2. The number of para-hydroxylation sites is 1. The Kier molecular flexibility index (Phi) is 5.28. The number of piperidine rings is 1. The largest absolute Gasteiger partial charge is 0.339 e. The van der Waals surface area contributed by atoms with Gasteiger partial charge < -0.3 is 4.90 Å². The summed E-state index contributed by atoms with van der Waals surface area (Å²) in [4.78, 5) is 20.3. The minimum Gasteiger partial charge on any atom is -0.339 e. The zero-order chi connectivity index (χ0) is 20.5. The summed E-state index contributed by atoms with van der Waals surface area (Å²) in [6, 6.07) is 18.1. The molecule has 30 heavy (non-hydrogen) atoms. The van der Waals surface area contributed by atoms with Crippen molar-refractivity contribution in [2.24, 2.45) is 0 Å². The second-order valence-corrected chi connectivity index (χ2v) is 8.94. The van der Waals surface area contributed by atoms with Gasteiger partial charge in [0.25, 0.3) is 5.91 Å². The van der Waals surface area contributed by atoms with Crippen LogP contribution in [0.25, 0.3) is 32.5 Å². The van der Waals surface area contributed by atoms with E-state index in [1.165, 1.54) is 16.9 Å². The summed E-state index contributed by atoms with van der Waals surface area (Å²) in [5.41, 5.74) is 4.85. The van der Waals surface area contributed by atoms with Crippen LogP contribution in [0.1, 0.15) is 29.6 Å². The Hall–Kier alpha value is -2.69. The van der Waals surface area contributed by atoms with E-state index in [1.807, 2.05) is 47.5 Å². The van der Waals surface area contributed by atoms with E-state index in [4.69, 9.17) is 11.6 Å².